The molecule has 0 bridgehead atoms. The highest BCUT2D eigenvalue weighted by Crippen LogP contribution is 2.30. The Morgan fingerprint density at radius 1 is 0.611 bits per heavy atom. The van der Waals surface area contributed by atoms with Crippen LogP contribution in [0.3, 0.4) is 0 Å². The summed E-state index contributed by atoms with van der Waals surface area (Å²) >= 11 is 0. The van der Waals surface area contributed by atoms with E-state index < -0.39 is 0 Å². The van der Waals surface area contributed by atoms with E-state index in [1.807, 2.05) is 48.5 Å². The lowest BCUT2D eigenvalue weighted by molar-refractivity contribution is -0.128. The fourth-order valence-corrected chi connectivity index (χ4v) is 4.18. The van der Waals surface area contributed by atoms with Crippen LogP contribution < -0.4 is 10.6 Å². The summed E-state index contributed by atoms with van der Waals surface area (Å²) in [6.07, 6.45) is 3.28. The van der Waals surface area contributed by atoms with Gasteiger partial charge < -0.3 is 20.4 Å². The Bertz CT molecular complexity index is 982. The highest BCUT2D eigenvalue weighted by atomic mass is 16.2. The maximum Gasteiger partial charge on any atom is 0.227 e. The summed E-state index contributed by atoms with van der Waals surface area (Å²) in [5.74, 6) is -0.264. The average molecular weight is 493 g/mol. The number of hydrogen-bond donors (Lipinski definition) is 2. The summed E-state index contributed by atoms with van der Waals surface area (Å²) in [5.41, 5.74) is 3.21. The Hall–Kier alpha value is -3.68. The summed E-state index contributed by atoms with van der Waals surface area (Å²) in [6, 6.07) is 14.7. The fraction of sp³-hybridized carbons (Fsp3) is 0.429. The molecule has 0 saturated heterocycles. The molecule has 3 rings (SSSR count). The van der Waals surface area contributed by atoms with E-state index >= 15 is 0 Å². The van der Waals surface area contributed by atoms with E-state index in [1.165, 1.54) is 0 Å². The number of anilines is 2. The quantitative estimate of drug-likeness (QED) is 0.591. The molecule has 2 aromatic rings. The van der Waals surface area contributed by atoms with Crippen LogP contribution in [0.1, 0.15) is 36.8 Å². The van der Waals surface area contributed by atoms with Crippen molar-refractivity contribution in [2.24, 2.45) is 11.8 Å². The highest BCUT2D eigenvalue weighted by Gasteiger charge is 2.30. The Labute approximate surface area is 213 Å². The lowest BCUT2D eigenvalue weighted by Gasteiger charge is -2.27. The molecule has 8 nitrogen and oxygen atoms in total. The third kappa shape index (κ3) is 7.66. The first-order valence-corrected chi connectivity index (χ1v) is 12.3. The molecule has 2 N–H and O–H groups in total. The molecule has 1 aliphatic carbocycles. The molecule has 0 aliphatic heterocycles. The van der Waals surface area contributed by atoms with Crippen LogP contribution in [0.2, 0.25) is 0 Å². The molecule has 0 spiro atoms. The second-order valence-corrected chi connectivity index (χ2v) is 9.85. The van der Waals surface area contributed by atoms with Gasteiger partial charge in [-0.1, -0.05) is 24.3 Å². The first-order chi connectivity index (χ1) is 17.1. The third-order valence-electron chi connectivity index (χ3n) is 6.62. The Morgan fingerprint density at radius 2 is 0.917 bits per heavy atom. The van der Waals surface area contributed by atoms with Gasteiger partial charge in [0.05, 0.1) is 12.8 Å². The van der Waals surface area contributed by atoms with E-state index in [4.69, 9.17) is 0 Å². The summed E-state index contributed by atoms with van der Waals surface area (Å²) < 4.78 is 0. The van der Waals surface area contributed by atoms with E-state index in [-0.39, 0.29) is 35.5 Å². The lowest BCUT2D eigenvalue weighted by Crippen LogP contribution is -2.32. The standard InChI is InChI=1S/C28H36N4O4/c1-31(2)25(33)17-19-5-13-23(14-6-19)29-27(35)21-9-11-22(12-10-21)28(36)30-24-15-7-20(8-16-24)18-26(34)32(3)4/h5-8,13-16,21-22H,9-12,17-18H2,1-4H3,(H,29,35)(H,30,36). The molecule has 0 radical (unpaired) electrons. The van der Waals surface area contributed by atoms with Gasteiger partial charge in [-0.2, -0.15) is 0 Å². The Morgan fingerprint density at radius 3 is 1.19 bits per heavy atom. The molecule has 192 valence electrons. The van der Waals surface area contributed by atoms with E-state index in [9.17, 15) is 19.2 Å². The van der Waals surface area contributed by atoms with Crippen LogP contribution in [0.5, 0.6) is 0 Å². The van der Waals surface area contributed by atoms with Crippen LogP contribution >= 0.6 is 0 Å². The minimum absolute atomic E-state index is 0.0288. The van der Waals surface area contributed by atoms with Gasteiger partial charge in [0.1, 0.15) is 0 Å². The molecule has 1 fully saturated rings. The van der Waals surface area contributed by atoms with Crippen LogP contribution in [-0.2, 0) is 32.0 Å². The van der Waals surface area contributed by atoms with Gasteiger partial charge >= 0.3 is 0 Å². The van der Waals surface area contributed by atoms with E-state index in [0.29, 0.717) is 49.9 Å². The Balaban J connectivity index is 1.44. The van der Waals surface area contributed by atoms with Crippen molar-refractivity contribution < 1.29 is 19.2 Å². The van der Waals surface area contributed by atoms with Gasteiger partial charge in [-0.15, -0.1) is 0 Å². The van der Waals surface area contributed by atoms with Gasteiger partial charge in [0.25, 0.3) is 0 Å². The zero-order valence-corrected chi connectivity index (χ0v) is 21.5. The van der Waals surface area contributed by atoms with E-state index in [0.717, 1.165) is 11.1 Å². The number of amides is 4. The monoisotopic (exact) mass is 492 g/mol. The van der Waals surface area contributed by atoms with Gasteiger partial charge in [0.2, 0.25) is 23.6 Å². The molecule has 8 heteroatoms. The average Bonchev–Trinajstić information content (AvgIpc) is 2.86. The van der Waals surface area contributed by atoms with Crippen molar-refractivity contribution in [2.45, 2.75) is 38.5 Å². The van der Waals surface area contributed by atoms with Crippen molar-refractivity contribution in [2.75, 3.05) is 38.8 Å². The molecular formula is C28H36N4O4. The first-order valence-electron chi connectivity index (χ1n) is 12.3. The zero-order valence-electron chi connectivity index (χ0n) is 21.5. The summed E-state index contributed by atoms with van der Waals surface area (Å²) in [4.78, 5) is 52.3. The molecule has 0 unspecified atom stereocenters. The second-order valence-electron chi connectivity index (χ2n) is 9.85. The number of rotatable bonds is 8. The predicted molar refractivity (Wildman–Crippen MR) is 140 cm³/mol. The van der Waals surface area contributed by atoms with Gasteiger partial charge in [-0.05, 0) is 61.1 Å². The summed E-state index contributed by atoms with van der Waals surface area (Å²) in [7, 11) is 6.91. The predicted octanol–water partition coefficient (Wildman–Crippen LogP) is 3.33. The minimum atomic E-state index is -0.127. The maximum atomic E-state index is 12.7. The van der Waals surface area contributed by atoms with Crippen molar-refractivity contribution in [3.63, 3.8) is 0 Å². The summed E-state index contributed by atoms with van der Waals surface area (Å²) in [5, 5.41) is 5.93. The molecule has 1 saturated carbocycles. The fourth-order valence-electron chi connectivity index (χ4n) is 4.18. The normalized spacial score (nSPS) is 17.1. The number of nitrogens with zero attached hydrogens (tertiary/aromatic N) is 2. The number of carbonyl (C=O) groups is 4. The number of benzene rings is 2. The van der Waals surface area contributed by atoms with E-state index in [1.54, 1.807) is 38.0 Å². The van der Waals surface area contributed by atoms with Crippen LogP contribution in [0.4, 0.5) is 11.4 Å². The Kier molecular flexibility index (Phi) is 9.22. The van der Waals surface area contributed by atoms with Crippen molar-refractivity contribution in [3.05, 3.63) is 59.7 Å². The topological polar surface area (TPSA) is 98.8 Å². The van der Waals surface area contributed by atoms with Crippen molar-refractivity contribution in [1.29, 1.82) is 0 Å². The lowest BCUT2D eigenvalue weighted by atomic mass is 9.81. The second kappa shape index (κ2) is 12.3. The van der Waals surface area contributed by atoms with Gasteiger partial charge in [0.15, 0.2) is 0 Å². The highest BCUT2D eigenvalue weighted by molar-refractivity contribution is 5.94. The third-order valence-corrected chi connectivity index (χ3v) is 6.62. The minimum Gasteiger partial charge on any atom is -0.349 e. The molecule has 1 aliphatic rings. The molecule has 0 heterocycles. The number of nitrogens with one attached hydrogen (secondary N) is 2. The van der Waals surface area contributed by atoms with Gasteiger partial charge in [-0.3, -0.25) is 19.2 Å². The molecule has 36 heavy (non-hydrogen) atoms. The van der Waals surface area contributed by atoms with Gasteiger partial charge in [-0.25, -0.2) is 0 Å². The van der Waals surface area contributed by atoms with Crippen LogP contribution in [0.25, 0.3) is 0 Å². The molecule has 4 amide bonds. The largest absolute Gasteiger partial charge is 0.349 e. The molecular weight excluding hydrogens is 456 g/mol. The smallest absolute Gasteiger partial charge is 0.227 e. The molecule has 2 aromatic carbocycles. The van der Waals surface area contributed by atoms with Crippen molar-refractivity contribution in [1.82, 2.24) is 9.80 Å². The maximum absolute atomic E-state index is 12.7. The first kappa shape index (κ1) is 26.9. The molecule has 0 aromatic heterocycles. The van der Waals surface area contributed by atoms with Crippen molar-refractivity contribution in [3.8, 4) is 0 Å². The SMILES string of the molecule is CN(C)C(=O)Cc1ccc(NC(=O)C2CCC(C(=O)Nc3ccc(CC(=O)N(C)C)cc3)CC2)cc1. The number of likely N-dealkylation sites (N-methyl/N-ethyl adjacent to an activating group) is 2. The van der Waals surface area contributed by atoms with Gasteiger partial charge in [0, 0.05) is 51.4 Å². The van der Waals surface area contributed by atoms with Crippen LogP contribution in [0.15, 0.2) is 48.5 Å². The van der Waals surface area contributed by atoms with Crippen LogP contribution in [0, 0.1) is 11.8 Å². The zero-order chi connectivity index (χ0) is 26.2. The van der Waals surface area contributed by atoms with Crippen LogP contribution in [-0.4, -0.2) is 61.6 Å². The van der Waals surface area contributed by atoms with Crippen molar-refractivity contribution >= 4 is 35.0 Å². The number of carbonyl (C=O) groups excluding carboxylic acids is 4. The number of hydrogen-bond acceptors (Lipinski definition) is 4. The molecule has 0 atom stereocenters. The van der Waals surface area contributed by atoms with E-state index in [2.05, 4.69) is 10.6 Å². The summed E-state index contributed by atoms with van der Waals surface area (Å²) in [6.45, 7) is 0.